The molecule has 0 aliphatic carbocycles. The van der Waals surface area contributed by atoms with E-state index >= 15 is 0 Å². The van der Waals surface area contributed by atoms with Crippen LogP contribution in [0, 0.1) is 0 Å². The summed E-state index contributed by atoms with van der Waals surface area (Å²) in [6, 6.07) is -1.24. The number of urea groups is 1. The van der Waals surface area contributed by atoms with Crippen LogP contribution in [-0.4, -0.2) is 63.1 Å². The lowest BCUT2D eigenvalue weighted by Gasteiger charge is -2.31. The molecule has 0 spiro atoms. The average molecular weight is 240 g/mol. The van der Waals surface area contributed by atoms with E-state index in [9.17, 15) is 14.4 Å². The molecule has 1 N–H and O–H groups in total. The summed E-state index contributed by atoms with van der Waals surface area (Å²) in [6.45, 7) is 1.56. The van der Waals surface area contributed by atoms with Crippen molar-refractivity contribution in [2.45, 2.75) is 13.0 Å². The van der Waals surface area contributed by atoms with Crippen LogP contribution in [0.3, 0.4) is 0 Å². The van der Waals surface area contributed by atoms with E-state index < -0.39 is 18.2 Å². The zero-order chi connectivity index (χ0) is 12.9. The minimum Gasteiger partial charge on any atom is -0.463 e. The number of amides is 4. The van der Waals surface area contributed by atoms with Crippen LogP contribution in [0.15, 0.2) is 12.0 Å². The van der Waals surface area contributed by atoms with Crippen LogP contribution in [0.4, 0.5) is 9.59 Å². The van der Waals surface area contributed by atoms with Crippen LogP contribution in [0.5, 0.6) is 0 Å². The number of hydrogen-bond donors (Lipinski definition) is 1. The van der Waals surface area contributed by atoms with Gasteiger partial charge in [-0.3, -0.25) is 9.69 Å². The summed E-state index contributed by atoms with van der Waals surface area (Å²) < 4.78 is 0. The molecule has 0 saturated carbocycles. The van der Waals surface area contributed by atoms with Gasteiger partial charge in [0.25, 0.3) is 0 Å². The molecule has 1 fully saturated rings. The molecule has 1 unspecified atom stereocenters. The zero-order valence-electron chi connectivity index (χ0n) is 9.62. The quantitative estimate of drug-likeness (QED) is 0.641. The van der Waals surface area contributed by atoms with E-state index in [0.29, 0.717) is 0 Å². The van der Waals surface area contributed by atoms with Crippen LogP contribution < -0.4 is 0 Å². The van der Waals surface area contributed by atoms with E-state index in [1.165, 1.54) is 25.2 Å². The smallest absolute Gasteiger partial charge is 0.432 e. The normalized spacial score (nSPS) is 24.2. The van der Waals surface area contributed by atoms with Gasteiger partial charge in [0.05, 0.1) is 0 Å². The molecule has 8 heteroatoms. The molecule has 0 radical (unpaired) electrons. The fraction of sp³-hybridized carbons (Fsp3) is 0.444. The fourth-order valence-electron chi connectivity index (χ4n) is 1.94. The minimum absolute atomic E-state index is 0.166. The molecule has 92 valence electrons. The summed E-state index contributed by atoms with van der Waals surface area (Å²) in [7, 11) is 2.86. The maximum Gasteiger partial charge on any atom is 0.432 e. The Morgan fingerprint density at radius 2 is 1.94 bits per heavy atom. The Labute approximate surface area is 97.2 Å². The molecule has 8 nitrogen and oxygen atoms in total. The standard InChI is InChI=1S/C9H12N4O4/c1-5-7(14)10(2)4-6-12(5)8(15)11(3)13(6)9(16)17/h4-5H,1-3H3,(H,16,17). The lowest BCUT2D eigenvalue weighted by atomic mass is 10.2. The number of likely N-dealkylation sites (N-methyl/N-ethyl adjacent to an activating group) is 1. The Bertz CT molecular complexity index is 446. The lowest BCUT2D eigenvalue weighted by molar-refractivity contribution is -0.132. The maximum absolute atomic E-state index is 11.9. The van der Waals surface area contributed by atoms with Gasteiger partial charge < -0.3 is 10.0 Å². The van der Waals surface area contributed by atoms with Gasteiger partial charge in [0.1, 0.15) is 6.04 Å². The Morgan fingerprint density at radius 3 is 2.47 bits per heavy atom. The van der Waals surface area contributed by atoms with Gasteiger partial charge in [0.2, 0.25) is 5.91 Å². The largest absolute Gasteiger partial charge is 0.463 e. The van der Waals surface area contributed by atoms with Gasteiger partial charge in [-0.2, -0.15) is 5.01 Å². The third-order valence-electron chi connectivity index (χ3n) is 2.83. The molecule has 2 rings (SSSR count). The predicted molar refractivity (Wildman–Crippen MR) is 55.2 cm³/mol. The highest BCUT2D eigenvalue weighted by Crippen LogP contribution is 2.30. The Balaban J connectivity index is 2.52. The minimum atomic E-state index is -1.27. The molecule has 2 aliphatic heterocycles. The second-order valence-corrected chi connectivity index (χ2v) is 3.88. The van der Waals surface area contributed by atoms with Crippen molar-refractivity contribution in [2.24, 2.45) is 0 Å². The number of carboxylic acid groups (broad SMARTS) is 1. The topological polar surface area (TPSA) is 84.4 Å². The molecule has 1 atom stereocenters. The van der Waals surface area contributed by atoms with Gasteiger partial charge in [0, 0.05) is 20.3 Å². The number of rotatable bonds is 0. The van der Waals surface area contributed by atoms with Crippen LogP contribution in [-0.2, 0) is 4.79 Å². The van der Waals surface area contributed by atoms with Gasteiger partial charge in [0.15, 0.2) is 5.82 Å². The third-order valence-corrected chi connectivity index (χ3v) is 2.83. The Morgan fingerprint density at radius 1 is 1.35 bits per heavy atom. The highest BCUT2D eigenvalue weighted by atomic mass is 16.4. The van der Waals surface area contributed by atoms with Crippen molar-refractivity contribution in [2.75, 3.05) is 14.1 Å². The highest BCUT2D eigenvalue weighted by molar-refractivity contribution is 5.93. The molecule has 0 bridgehead atoms. The molecule has 17 heavy (non-hydrogen) atoms. The van der Waals surface area contributed by atoms with Gasteiger partial charge in [-0.1, -0.05) is 0 Å². The number of hydrazine groups is 1. The second kappa shape index (κ2) is 3.37. The van der Waals surface area contributed by atoms with Crippen molar-refractivity contribution >= 4 is 18.0 Å². The van der Waals surface area contributed by atoms with Crippen molar-refractivity contribution in [3.05, 3.63) is 12.0 Å². The van der Waals surface area contributed by atoms with Crippen molar-refractivity contribution in [1.29, 1.82) is 0 Å². The zero-order valence-corrected chi connectivity index (χ0v) is 9.62. The predicted octanol–water partition coefficient (Wildman–Crippen LogP) is -0.0918. The van der Waals surface area contributed by atoms with Crippen molar-refractivity contribution < 1.29 is 19.5 Å². The van der Waals surface area contributed by atoms with E-state index in [1.807, 2.05) is 0 Å². The van der Waals surface area contributed by atoms with E-state index in [2.05, 4.69) is 0 Å². The average Bonchev–Trinajstić information content (AvgIpc) is 2.48. The first-order chi connectivity index (χ1) is 7.86. The van der Waals surface area contributed by atoms with Gasteiger partial charge in [-0.15, -0.1) is 0 Å². The summed E-state index contributed by atoms with van der Waals surface area (Å²) in [5.41, 5.74) is 0. The Kier molecular flexibility index (Phi) is 2.23. The summed E-state index contributed by atoms with van der Waals surface area (Å²) in [5.74, 6) is -0.0951. The van der Waals surface area contributed by atoms with Crippen molar-refractivity contribution in [1.82, 2.24) is 19.8 Å². The van der Waals surface area contributed by atoms with Crippen LogP contribution in [0.2, 0.25) is 0 Å². The summed E-state index contributed by atoms with van der Waals surface area (Å²) >= 11 is 0. The first kappa shape index (κ1) is 11.2. The van der Waals surface area contributed by atoms with E-state index in [-0.39, 0.29) is 11.7 Å². The molecular formula is C9H12N4O4. The van der Waals surface area contributed by atoms with Gasteiger partial charge in [-0.25, -0.2) is 14.6 Å². The molecule has 1 saturated heterocycles. The number of carbonyl (C=O) groups excluding carboxylic acids is 2. The van der Waals surface area contributed by atoms with E-state index in [0.717, 1.165) is 14.9 Å². The number of hydrogen-bond acceptors (Lipinski definition) is 3. The number of nitrogens with zero attached hydrogens (tertiary/aromatic N) is 4. The van der Waals surface area contributed by atoms with Crippen molar-refractivity contribution in [3.63, 3.8) is 0 Å². The fourth-order valence-corrected chi connectivity index (χ4v) is 1.94. The van der Waals surface area contributed by atoms with E-state index in [4.69, 9.17) is 5.11 Å². The van der Waals surface area contributed by atoms with E-state index in [1.54, 1.807) is 6.92 Å². The second-order valence-electron chi connectivity index (χ2n) is 3.88. The van der Waals surface area contributed by atoms with Crippen LogP contribution in [0.1, 0.15) is 6.92 Å². The van der Waals surface area contributed by atoms with Gasteiger partial charge >= 0.3 is 12.1 Å². The van der Waals surface area contributed by atoms with Crippen LogP contribution in [0.25, 0.3) is 0 Å². The number of fused-ring (bicyclic) bond motifs is 1. The Hall–Kier alpha value is -2.25. The number of carbonyl (C=O) groups is 3. The van der Waals surface area contributed by atoms with Crippen LogP contribution >= 0.6 is 0 Å². The molecule has 0 aromatic heterocycles. The molecule has 4 amide bonds. The summed E-state index contributed by atoms with van der Waals surface area (Å²) in [4.78, 5) is 37.1. The van der Waals surface area contributed by atoms with Crippen molar-refractivity contribution in [3.8, 4) is 0 Å². The third kappa shape index (κ3) is 1.33. The molecule has 2 aliphatic rings. The molecule has 2 heterocycles. The maximum atomic E-state index is 11.9. The SMILES string of the molecule is CC1C(=O)N(C)C=C2N1C(=O)N(C)N2C(=O)O. The molecular weight excluding hydrogens is 228 g/mol. The monoisotopic (exact) mass is 240 g/mol. The summed E-state index contributed by atoms with van der Waals surface area (Å²) in [6.07, 6.45) is 0.0576. The van der Waals surface area contributed by atoms with Gasteiger partial charge in [-0.05, 0) is 6.92 Å². The molecule has 0 aromatic carbocycles. The molecule has 0 aromatic rings. The first-order valence-electron chi connectivity index (χ1n) is 4.94. The first-order valence-corrected chi connectivity index (χ1v) is 4.94. The summed E-state index contributed by atoms with van der Waals surface area (Å²) in [5, 5.41) is 10.8. The highest BCUT2D eigenvalue weighted by Gasteiger charge is 2.48. The lowest BCUT2D eigenvalue weighted by Crippen LogP contribution is -2.49.